The van der Waals surface area contributed by atoms with Crippen molar-refractivity contribution in [1.29, 1.82) is 0 Å². The smallest absolute Gasteiger partial charge is 0.416 e. The van der Waals surface area contributed by atoms with Crippen molar-refractivity contribution in [1.82, 2.24) is 20.1 Å². The number of aliphatic hydroxyl groups is 1. The minimum Gasteiger partial charge on any atom is -0.507 e. The highest BCUT2D eigenvalue weighted by atomic mass is 19.4. The Kier molecular flexibility index (Phi) is 6.61. The summed E-state index contributed by atoms with van der Waals surface area (Å²) in [5.41, 5.74) is -0.286. The van der Waals surface area contributed by atoms with Crippen LogP contribution in [-0.2, 0) is 6.18 Å². The largest absolute Gasteiger partial charge is 0.507 e. The quantitative estimate of drug-likeness (QED) is 0.822. The summed E-state index contributed by atoms with van der Waals surface area (Å²) in [6.07, 6.45) is -3.58. The van der Waals surface area contributed by atoms with Crippen molar-refractivity contribution in [3.05, 3.63) is 35.3 Å². The summed E-state index contributed by atoms with van der Waals surface area (Å²) in [4.78, 5) is 6.42. The van der Waals surface area contributed by atoms with Gasteiger partial charge in [-0.15, -0.1) is 10.2 Å². The number of phenols is 1. The highest BCUT2D eigenvalue weighted by Crippen LogP contribution is 2.36. The molecule has 1 aliphatic rings. The van der Waals surface area contributed by atoms with Crippen LogP contribution in [0.3, 0.4) is 0 Å². The first-order valence-electron chi connectivity index (χ1n) is 8.65. The van der Waals surface area contributed by atoms with Crippen LogP contribution in [0, 0.1) is 12.8 Å². The molecule has 0 aliphatic carbocycles. The minimum atomic E-state index is -4.55. The van der Waals surface area contributed by atoms with Crippen LogP contribution >= 0.6 is 0 Å². The van der Waals surface area contributed by atoms with Gasteiger partial charge in [-0.25, -0.2) is 4.98 Å². The highest BCUT2D eigenvalue weighted by molar-refractivity contribution is 5.68. The summed E-state index contributed by atoms with van der Waals surface area (Å²) >= 11 is 0. The zero-order chi connectivity index (χ0) is 19.8. The second-order valence-electron chi connectivity index (χ2n) is 6.94. The van der Waals surface area contributed by atoms with Gasteiger partial charge < -0.3 is 15.1 Å². The third-order valence-electron chi connectivity index (χ3n) is 4.83. The number of rotatable bonds is 3. The van der Waals surface area contributed by atoms with E-state index in [4.69, 9.17) is 0 Å². The monoisotopic (exact) mass is 398 g/mol. The molecule has 154 valence electrons. The molecule has 1 aromatic heterocycles. The number of nitrogens with zero attached hydrogens (tertiary/aromatic N) is 4. The summed E-state index contributed by atoms with van der Waals surface area (Å²) in [6, 6.07) is 2.66. The van der Waals surface area contributed by atoms with E-state index in [1.807, 2.05) is 7.05 Å². The molecule has 0 saturated carbocycles. The lowest BCUT2D eigenvalue weighted by molar-refractivity contribution is -0.137. The van der Waals surface area contributed by atoms with Gasteiger partial charge in [-0.1, -0.05) is 7.43 Å². The molecule has 2 heterocycles. The topological polar surface area (TPSA) is 82.4 Å². The van der Waals surface area contributed by atoms with Crippen LogP contribution in [0.1, 0.15) is 43.5 Å². The minimum absolute atomic E-state index is 0. The number of aromatic hydroxyl groups is 1. The molecule has 0 spiro atoms. The van der Waals surface area contributed by atoms with Crippen molar-refractivity contribution in [3.63, 3.8) is 0 Å². The third-order valence-corrected chi connectivity index (χ3v) is 4.83. The predicted molar refractivity (Wildman–Crippen MR) is 98.6 cm³/mol. The molecule has 1 aliphatic heterocycles. The Bertz CT molecular complexity index is 829. The van der Waals surface area contributed by atoms with Crippen LogP contribution < -0.4 is 0 Å². The van der Waals surface area contributed by atoms with E-state index in [1.54, 1.807) is 6.92 Å². The molecule has 6 nitrogen and oxygen atoms in total. The van der Waals surface area contributed by atoms with Crippen LogP contribution in [0.4, 0.5) is 13.2 Å². The molecule has 1 saturated heterocycles. The molecule has 1 aromatic carbocycles. The Balaban J connectivity index is 0.00000280. The Morgan fingerprint density at radius 2 is 1.96 bits per heavy atom. The van der Waals surface area contributed by atoms with Gasteiger partial charge in [0.2, 0.25) is 0 Å². The molecule has 1 fully saturated rings. The van der Waals surface area contributed by atoms with Gasteiger partial charge in [0.15, 0.2) is 5.82 Å². The molecular weight excluding hydrogens is 373 g/mol. The van der Waals surface area contributed by atoms with Crippen molar-refractivity contribution in [2.75, 3.05) is 20.1 Å². The lowest BCUT2D eigenvalue weighted by Gasteiger charge is -2.31. The van der Waals surface area contributed by atoms with Gasteiger partial charge in [0.25, 0.3) is 0 Å². The summed E-state index contributed by atoms with van der Waals surface area (Å²) < 4.78 is 38.2. The maximum absolute atomic E-state index is 12.7. The maximum Gasteiger partial charge on any atom is 0.416 e. The molecule has 0 radical (unpaired) electrons. The van der Waals surface area contributed by atoms with E-state index in [0.717, 1.165) is 38.1 Å². The Morgan fingerprint density at radius 1 is 1.25 bits per heavy atom. The van der Waals surface area contributed by atoms with Gasteiger partial charge in [0.1, 0.15) is 17.5 Å². The van der Waals surface area contributed by atoms with E-state index in [1.165, 1.54) is 0 Å². The second kappa shape index (κ2) is 8.40. The number of benzene rings is 1. The number of aromatic nitrogens is 3. The molecule has 2 atom stereocenters. The maximum atomic E-state index is 12.7. The van der Waals surface area contributed by atoms with E-state index in [0.29, 0.717) is 11.8 Å². The van der Waals surface area contributed by atoms with Crippen LogP contribution in [0.15, 0.2) is 18.2 Å². The standard InChI is InChI=1S/C18H21F3N4O2.CH4/c1-10-15(13-6-5-12(8-14(13)26)18(19,20)21)23-24-17(22-10)16(27)11-4-3-7-25(2)9-11;/h5-6,8,11,16,26-27H,3-4,7,9H2,1-2H3;1H4. The number of halogens is 3. The van der Waals surface area contributed by atoms with Crippen molar-refractivity contribution < 1.29 is 23.4 Å². The summed E-state index contributed by atoms with van der Waals surface area (Å²) in [7, 11) is 1.99. The summed E-state index contributed by atoms with van der Waals surface area (Å²) in [6.45, 7) is 3.32. The molecule has 3 rings (SSSR count). The average molecular weight is 398 g/mol. The zero-order valence-corrected chi connectivity index (χ0v) is 15.0. The van der Waals surface area contributed by atoms with Crippen molar-refractivity contribution in [2.24, 2.45) is 5.92 Å². The van der Waals surface area contributed by atoms with Crippen LogP contribution in [-0.4, -0.2) is 50.4 Å². The first kappa shape index (κ1) is 22.0. The number of hydrogen-bond donors (Lipinski definition) is 2. The SMILES string of the molecule is C.Cc1nc(C(O)C2CCCN(C)C2)nnc1-c1ccc(C(F)(F)F)cc1O. The predicted octanol–water partition coefficient (Wildman–Crippen LogP) is 3.58. The lowest BCUT2D eigenvalue weighted by Crippen LogP contribution is -2.35. The van der Waals surface area contributed by atoms with Crippen LogP contribution in [0.25, 0.3) is 11.3 Å². The van der Waals surface area contributed by atoms with Crippen molar-refractivity contribution >= 4 is 0 Å². The number of aliphatic hydroxyl groups excluding tert-OH is 1. The van der Waals surface area contributed by atoms with Crippen LogP contribution in [0.5, 0.6) is 5.75 Å². The van der Waals surface area contributed by atoms with Gasteiger partial charge in [-0.05, 0) is 51.6 Å². The molecule has 0 amide bonds. The van der Waals surface area contributed by atoms with Gasteiger partial charge >= 0.3 is 6.18 Å². The van der Waals surface area contributed by atoms with Crippen LogP contribution in [0.2, 0.25) is 0 Å². The lowest BCUT2D eigenvalue weighted by atomic mass is 9.92. The van der Waals surface area contributed by atoms with Gasteiger partial charge in [-0.3, -0.25) is 0 Å². The molecular formula is C19H25F3N4O2. The van der Waals surface area contributed by atoms with E-state index in [-0.39, 0.29) is 30.4 Å². The highest BCUT2D eigenvalue weighted by Gasteiger charge is 2.32. The number of likely N-dealkylation sites (tertiary alicyclic amines) is 1. The van der Waals surface area contributed by atoms with E-state index in [9.17, 15) is 23.4 Å². The number of hydrogen-bond acceptors (Lipinski definition) is 6. The summed E-state index contributed by atoms with van der Waals surface area (Å²) in [5.74, 6) is -0.371. The van der Waals surface area contributed by atoms with E-state index >= 15 is 0 Å². The fourth-order valence-electron chi connectivity index (χ4n) is 3.38. The zero-order valence-electron chi connectivity index (χ0n) is 15.0. The fourth-order valence-corrected chi connectivity index (χ4v) is 3.38. The Morgan fingerprint density at radius 3 is 2.54 bits per heavy atom. The summed E-state index contributed by atoms with van der Waals surface area (Å²) in [5, 5.41) is 28.5. The Labute approximate surface area is 162 Å². The first-order chi connectivity index (χ1) is 12.7. The first-order valence-corrected chi connectivity index (χ1v) is 8.65. The number of aryl methyl sites for hydroxylation is 1. The molecule has 2 N–H and O–H groups in total. The third kappa shape index (κ3) is 4.59. The normalized spacial score (nSPS) is 19.1. The van der Waals surface area contributed by atoms with Gasteiger partial charge in [0, 0.05) is 18.0 Å². The van der Waals surface area contributed by atoms with Gasteiger partial charge in [-0.2, -0.15) is 13.2 Å². The number of alkyl halides is 3. The van der Waals surface area contributed by atoms with Gasteiger partial charge in [0.05, 0.1) is 11.3 Å². The second-order valence-corrected chi connectivity index (χ2v) is 6.94. The average Bonchev–Trinajstić information content (AvgIpc) is 2.60. The molecule has 28 heavy (non-hydrogen) atoms. The van der Waals surface area contributed by atoms with E-state index < -0.39 is 23.6 Å². The van der Waals surface area contributed by atoms with Crippen molar-refractivity contribution in [2.45, 2.75) is 39.5 Å². The molecule has 2 unspecified atom stereocenters. The Hall–Kier alpha value is -2.26. The van der Waals surface area contributed by atoms with E-state index in [2.05, 4.69) is 20.1 Å². The molecule has 0 bridgehead atoms. The number of piperidine rings is 1. The number of phenolic OH excluding ortho intramolecular Hbond substituents is 1. The van der Waals surface area contributed by atoms with Crippen molar-refractivity contribution in [3.8, 4) is 17.0 Å². The fraction of sp³-hybridized carbons (Fsp3) is 0.526. The molecule has 9 heteroatoms. The molecule has 2 aromatic rings.